The average Bonchev–Trinajstić information content (AvgIpc) is 2.34. The zero-order chi connectivity index (χ0) is 12.9. The van der Waals surface area contributed by atoms with E-state index in [0.717, 1.165) is 19.4 Å². The molecule has 1 radical (unpaired) electrons. The Morgan fingerprint density at radius 2 is 1.67 bits per heavy atom. The van der Waals surface area contributed by atoms with Gasteiger partial charge >= 0.3 is 0 Å². The highest BCUT2D eigenvalue weighted by Crippen LogP contribution is 2.19. The molecule has 0 N–H and O–H groups in total. The minimum Gasteiger partial charge on any atom is -0.378 e. The van der Waals surface area contributed by atoms with Crippen LogP contribution in [0.1, 0.15) is 77.0 Å². The summed E-state index contributed by atoms with van der Waals surface area (Å²) >= 11 is 0. The molecule has 0 aromatic heterocycles. The fourth-order valence-corrected chi connectivity index (χ4v) is 2.57. The summed E-state index contributed by atoms with van der Waals surface area (Å²) in [4.78, 5) is 0. The molecular weight excluding hydrogens is 227 g/mol. The van der Waals surface area contributed by atoms with Gasteiger partial charge in [-0.3, -0.25) is 4.39 Å². The highest BCUT2D eigenvalue weighted by Gasteiger charge is 2.11. The van der Waals surface area contributed by atoms with E-state index in [1.807, 2.05) is 0 Å². The maximum absolute atomic E-state index is 11.9. The number of rotatable bonds is 9. The minimum atomic E-state index is -0.151. The molecule has 1 atom stereocenters. The van der Waals surface area contributed by atoms with Crippen LogP contribution >= 0.6 is 0 Å². The number of unbranched alkanes of at least 4 members (excludes halogenated alkanes) is 5. The predicted octanol–water partition coefficient (Wildman–Crippen LogP) is 5.24. The smallest absolute Gasteiger partial charge is 0.0894 e. The summed E-state index contributed by atoms with van der Waals surface area (Å²) in [5.74, 6) is 0. The second-order valence-corrected chi connectivity index (χ2v) is 5.45. The van der Waals surface area contributed by atoms with E-state index in [1.54, 1.807) is 0 Å². The Balaban J connectivity index is 1.86. The van der Waals surface area contributed by atoms with Gasteiger partial charge in [-0.05, 0) is 38.5 Å². The first-order chi connectivity index (χ1) is 8.93. The van der Waals surface area contributed by atoms with E-state index in [2.05, 4.69) is 6.42 Å². The third-order valence-corrected chi connectivity index (χ3v) is 3.76. The van der Waals surface area contributed by atoms with Crippen molar-refractivity contribution in [3.63, 3.8) is 0 Å². The van der Waals surface area contributed by atoms with Crippen molar-refractivity contribution < 1.29 is 9.13 Å². The van der Waals surface area contributed by atoms with Gasteiger partial charge in [0.25, 0.3) is 0 Å². The Morgan fingerprint density at radius 3 is 2.50 bits per heavy atom. The standard InChI is InChI=1S/C16H30FO/c17-14-10-6-1-2-7-11-15-18-16-12-8-4-3-5-9-13-16/h4,16H,1-3,5-15H2. The van der Waals surface area contributed by atoms with Crippen molar-refractivity contribution in [3.8, 4) is 0 Å². The van der Waals surface area contributed by atoms with E-state index in [-0.39, 0.29) is 6.67 Å². The molecule has 1 rings (SSSR count). The number of hydrogen-bond donors (Lipinski definition) is 0. The molecule has 2 heteroatoms. The van der Waals surface area contributed by atoms with Gasteiger partial charge < -0.3 is 4.74 Å². The molecule has 1 aliphatic rings. The Hall–Kier alpha value is -0.110. The van der Waals surface area contributed by atoms with Gasteiger partial charge in [0.15, 0.2) is 0 Å². The van der Waals surface area contributed by atoms with Crippen LogP contribution in [0.4, 0.5) is 4.39 Å². The largest absolute Gasteiger partial charge is 0.378 e. The molecule has 0 aliphatic heterocycles. The van der Waals surface area contributed by atoms with Crippen LogP contribution in [-0.4, -0.2) is 19.4 Å². The molecule has 1 fully saturated rings. The van der Waals surface area contributed by atoms with Crippen LogP contribution in [0, 0.1) is 6.42 Å². The van der Waals surface area contributed by atoms with Gasteiger partial charge in [-0.25, -0.2) is 0 Å². The number of ether oxygens (including phenoxy) is 1. The van der Waals surface area contributed by atoms with Gasteiger partial charge in [0, 0.05) is 6.61 Å². The van der Waals surface area contributed by atoms with Crippen LogP contribution in [0.25, 0.3) is 0 Å². The summed E-state index contributed by atoms with van der Waals surface area (Å²) in [6.07, 6.45) is 17.2. The average molecular weight is 257 g/mol. The van der Waals surface area contributed by atoms with Crippen molar-refractivity contribution in [1.82, 2.24) is 0 Å². The normalized spacial score (nSPS) is 18.5. The highest BCUT2D eigenvalue weighted by molar-refractivity contribution is 4.72. The second kappa shape index (κ2) is 12.0. The molecule has 0 aromatic carbocycles. The maximum Gasteiger partial charge on any atom is 0.0894 e. The monoisotopic (exact) mass is 257 g/mol. The van der Waals surface area contributed by atoms with E-state index in [4.69, 9.17) is 4.74 Å². The number of halogens is 1. The molecular formula is C16H30FO. The maximum atomic E-state index is 11.9. The Bertz CT molecular complexity index is 164. The summed E-state index contributed by atoms with van der Waals surface area (Å²) in [6, 6.07) is 0. The molecule has 0 bridgehead atoms. The lowest BCUT2D eigenvalue weighted by Gasteiger charge is -2.20. The van der Waals surface area contributed by atoms with E-state index in [9.17, 15) is 4.39 Å². The van der Waals surface area contributed by atoms with E-state index in [0.29, 0.717) is 6.10 Å². The Labute approximate surface area is 112 Å². The van der Waals surface area contributed by atoms with Gasteiger partial charge in [0.05, 0.1) is 12.8 Å². The quantitative estimate of drug-likeness (QED) is 0.513. The summed E-state index contributed by atoms with van der Waals surface area (Å²) in [5, 5.41) is 0. The molecule has 1 unspecified atom stereocenters. The lowest BCUT2D eigenvalue weighted by Crippen LogP contribution is -2.15. The van der Waals surface area contributed by atoms with Crippen LogP contribution in [0.3, 0.4) is 0 Å². The SMILES string of the molecule is FCCCCCCCCOC1CC[CH]CCCC1. The number of alkyl halides is 1. The van der Waals surface area contributed by atoms with Crippen LogP contribution in [0.15, 0.2) is 0 Å². The lowest BCUT2D eigenvalue weighted by molar-refractivity contribution is 0.0358. The van der Waals surface area contributed by atoms with Gasteiger partial charge in [0.2, 0.25) is 0 Å². The number of hydrogen-bond acceptors (Lipinski definition) is 1. The first-order valence-electron chi connectivity index (χ1n) is 7.92. The summed E-state index contributed by atoms with van der Waals surface area (Å²) < 4.78 is 17.8. The van der Waals surface area contributed by atoms with Crippen molar-refractivity contribution in [3.05, 3.63) is 6.42 Å². The molecule has 18 heavy (non-hydrogen) atoms. The molecule has 1 aliphatic carbocycles. The van der Waals surface area contributed by atoms with Crippen LogP contribution in [0.5, 0.6) is 0 Å². The van der Waals surface area contributed by atoms with Gasteiger partial charge in [-0.2, -0.15) is 0 Å². The van der Waals surface area contributed by atoms with Crippen molar-refractivity contribution in [1.29, 1.82) is 0 Å². The lowest BCUT2D eigenvalue weighted by atomic mass is 9.98. The van der Waals surface area contributed by atoms with E-state index in [1.165, 1.54) is 64.2 Å². The van der Waals surface area contributed by atoms with Gasteiger partial charge in [-0.15, -0.1) is 0 Å². The summed E-state index contributed by atoms with van der Waals surface area (Å²) in [5.41, 5.74) is 0. The zero-order valence-corrected chi connectivity index (χ0v) is 11.8. The van der Waals surface area contributed by atoms with E-state index < -0.39 is 0 Å². The molecule has 0 saturated heterocycles. The van der Waals surface area contributed by atoms with Gasteiger partial charge in [0.1, 0.15) is 0 Å². The fourth-order valence-electron chi connectivity index (χ4n) is 2.57. The predicted molar refractivity (Wildman–Crippen MR) is 75.4 cm³/mol. The third-order valence-electron chi connectivity index (χ3n) is 3.76. The molecule has 0 aromatic rings. The summed E-state index contributed by atoms with van der Waals surface area (Å²) in [7, 11) is 0. The molecule has 107 valence electrons. The van der Waals surface area contributed by atoms with Crippen molar-refractivity contribution in [2.45, 2.75) is 83.2 Å². The Morgan fingerprint density at radius 1 is 0.889 bits per heavy atom. The minimum absolute atomic E-state index is 0.151. The third kappa shape index (κ3) is 8.91. The summed E-state index contributed by atoms with van der Waals surface area (Å²) in [6.45, 7) is 0.773. The molecule has 0 heterocycles. The van der Waals surface area contributed by atoms with Crippen LogP contribution in [-0.2, 0) is 4.74 Å². The first kappa shape index (κ1) is 15.9. The van der Waals surface area contributed by atoms with Crippen LogP contribution < -0.4 is 0 Å². The fraction of sp³-hybridized carbons (Fsp3) is 0.938. The van der Waals surface area contributed by atoms with Crippen molar-refractivity contribution >= 4 is 0 Å². The van der Waals surface area contributed by atoms with E-state index >= 15 is 0 Å². The first-order valence-corrected chi connectivity index (χ1v) is 7.92. The van der Waals surface area contributed by atoms with Gasteiger partial charge in [-0.1, -0.05) is 44.9 Å². The molecule has 1 saturated carbocycles. The zero-order valence-electron chi connectivity index (χ0n) is 11.8. The van der Waals surface area contributed by atoms with Crippen molar-refractivity contribution in [2.24, 2.45) is 0 Å². The van der Waals surface area contributed by atoms with Crippen molar-refractivity contribution in [2.75, 3.05) is 13.3 Å². The van der Waals surface area contributed by atoms with Crippen LogP contribution in [0.2, 0.25) is 0 Å². The molecule has 0 spiro atoms. The Kier molecular flexibility index (Phi) is 10.6. The molecule has 1 nitrogen and oxygen atoms in total. The topological polar surface area (TPSA) is 9.23 Å². The molecule has 0 amide bonds. The highest BCUT2D eigenvalue weighted by atomic mass is 19.1. The second-order valence-electron chi connectivity index (χ2n) is 5.45.